The van der Waals surface area contributed by atoms with Crippen molar-refractivity contribution in [1.29, 1.82) is 5.26 Å². The maximum Gasteiger partial charge on any atom is 0.324 e. The quantitative estimate of drug-likeness (QED) is 0.785. The van der Waals surface area contributed by atoms with Gasteiger partial charge in [0.1, 0.15) is 6.04 Å². The van der Waals surface area contributed by atoms with E-state index >= 15 is 0 Å². The van der Waals surface area contributed by atoms with Crippen LogP contribution in [0.3, 0.4) is 0 Å². The second kappa shape index (κ2) is 6.24. The molecule has 112 valence electrons. The Balaban J connectivity index is 2.40. The first-order valence-corrected chi connectivity index (χ1v) is 8.04. The summed E-state index contributed by atoms with van der Waals surface area (Å²) >= 11 is 0. The van der Waals surface area contributed by atoms with E-state index in [9.17, 15) is 13.2 Å². The summed E-state index contributed by atoms with van der Waals surface area (Å²) in [6.07, 6.45) is 1.93. The van der Waals surface area contributed by atoms with Gasteiger partial charge in [0.15, 0.2) is 0 Å². The van der Waals surface area contributed by atoms with Gasteiger partial charge in [-0.05, 0) is 37.5 Å². The molecule has 1 saturated heterocycles. The molecule has 1 unspecified atom stereocenters. The summed E-state index contributed by atoms with van der Waals surface area (Å²) in [6, 6.07) is 6.92. The fourth-order valence-electron chi connectivity index (χ4n) is 2.43. The van der Waals surface area contributed by atoms with Crippen molar-refractivity contribution in [2.45, 2.75) is 30.2 Å². The Morgan fingerprint density at radius 3 is 2.86 bits per heavy atom. The molecule has 1 fully saturated rings. The number of carbonyl (C=O) groups excluding carboxylic acids is 1. The van der Waals surface area contributed by atoms with E-state index in [2.05, 4.69) is 0 Å². The highest BCUT2D eigenvalue weighted by Gasteiger charge is 2.38. The molecular formula is C14H16N2O4S. The lowest BCUT2D eigenvalue weighted by molar-refractivity contribution is -0.146. The van der Waals surface area contributed by atoms with Gasteiger partial charge in [0, 0.05) is 6.54 Å². The molecule has 7 heteroatoms. The molecule has 0 saturated carbocycles. The lowest BCUT2D eigenvalue weighted by Crippen LogP contribution is -2.48. The van der Waals surface area contributed by atoms with Crippen molar-refractivity contribution in [3.63, 3.8) is 0 Å². The van der Waals surface area contributed by atoms with Crippen LogP contribution in [0.4, 0.5) is 0 Å². The number of benzene rings is 1. The number of nitrogens with zero attached hydrogens (tertiary/aromatic N) is 2. The van der Waals surface area contributed by atoms with Gasteiger partial charge in [0.05, 0.1) is 23.6 Å². The number of piperidine rings is 1. The first-order valence-electron chi connectivity index (χ1n) is 6.60. The molecule has 1 aromatic rings. The average Bonchev–Trinajstić information content (AvgIpc) is 2.54. The standard InChI is InChI=1S/C14H16N2O4S/c1-20-14(17)13-7-2-3-8-16(13)21(18,19)12-6-4-5-11(9-12)10-15/h4-6,9,13H,2-3,7-8H2,1H3. The van der Waals surface area contributed by atoms with Gasteiger partial charge in [-0.25, -0.2) is 8.42 Å². The van der Waals surface area contributed by atoms with Crippen molar-refractivity contribution in [3.8, 4) is 6.07 Å². The van der Waals surface area contributed by atoms with Gasteiger partial charge in [-0.1, -0.05) is 6.07 Å². The average molecular weight is 308 g/mol. The normalized spacial score (nSPS) is 19.7. The minimum atomic E-state index is -3.82. The molecular weight excluding hydrogens is 292 g/mol. The molecule has 1 aliphatic rings. The third kappa shape index (κ3) is 3.06. The van der Waals surface area contributed by atoms with Crippen LogP contribution in [-0.2, 0) is 19.6 Å². The van der Waals surface area contributed by atoms with E-state index in [1.54, 1.807) is 0 Å². The highest BCUT2D eigenvalue weighted by molar-refractivity contribution is 7.89. The minimum Gasteiger partial charge on any atom is -0.468 e. The first-order chi connectivity index (χ1) is 10.0. The van der Waals surface area contributed by atoms with Crippen LogP contribution >= 0.6 is 0 Å². The van der Waals surface area contributed by atoms with Gasteiger partial charge < -0.3 is 4.74 Å². The Kier molecular flexibility index (Phi) is 4.60. The molecule has 0 bridgehead atoms. The van der Waals surface area contributed by atoms with Crippen molar-refractivity contribution < 1.29 is 17.9 Å². The van der Waals surface area contributed by atoms with E-state index in [1.165, 1.54) is 35.7 Å². The summed E-state index contributed by atoms with van der Waals surface area (Å²) in [7, 11) is -2.57. The van der Waals surface area contributed by atoms with Crippen LogP contribution in [0.25, 0.3) is 0 Å². The summed E-state index contributed by atoms with van der Waals surface area (Å²) in [5, 5.41) is 8.88. The van der Waals surface area contributed by atoms with Gasteiger partial charge in [-0.15, -0.1) is 0 Å². The van der Waals surface area contributed by atoms with Crippen LogP contribution in [0.5, 0.6) is 0 Å². The Labute approximate surface area is 124 Å². The van der Waals surface area contributed by atoms with Crippen LogP contribution in [0.2, 0.25) is 0 Å². The van der Waals surface area contributed by atoms with Crippen molar-refractivity contribution in [2.75, 3.05) is 13.7 Å². The van der Waals surface area contributed by atoms with Crippen LogP contribution in [-0.4, -0.2) is 38.4 Å². The van der Waals surface area contributed by atoms with Crippen molar-refractivity contribution in [2.24, 2.45) is 0 Å². The number of sulfonamides is 1. The van der Waals surface area contributed by atoms with E-state index in [4.69, 9.17) is 10.00 Å². The Hall–Kier alpha value is -1.91. The van der Waals surface area contributed by atoms with E-state index in [0.29, 0.717) is 12.8 Å². The number of hydrogen-bond acceptors (Lipinski definition) is 5. The zero-order valence-corrected chi connectivity index (χ0v) is 12.5. The number of hydrogen-bond donors (Lipinski definition) is 0. The molecule has 1 aromatic carbocycles. The molecule has 0 radical (unpaired) electrons. The van der Waals surface area contributed by atoms with Crippen molar-refractivity contribution in [3.05, 3.63) is 29.8 Å². The second-order valence-electron chi connectivity index (χ2n) is 4.79. The summed E-state index contributed by atoms with van der Waals surface area (Å²) in [5.74, 6) is -0.547. The second-order valence-corrected chi connectivity index (χ2v) is 6.68. The molecule has 6 nitrogen and oxygen atoms in total. The number of ether oxygens (including phenoxy) is 1. The molecule has 21 heavy (non-hydrogen) atoms. The largest absolute Gasteiger partial charge is 0.468 e. The monoisotopic (exact) mass is 308 g/mol. The van der Waals surface area contributed by atoms with E-state index < -0.39 is 22.0 Å². The predicted molar refractivity (Wildman–Crippen MR) is 74.7 cm³/mol. The number of carbonyl (C=O) groups is 1. The molecule has 1 atom stereocenters. The summed E-state index contributed by atoms with van der Waals surface area (Å²) in [6.45, 7) is 0.277. The fraction of sp³-hybridized carbons (Fsp3) is 0.429. The Morgan fingerprint density at radius 2 is 2.19 bits per heavy atom. The fourth-order valence-corrected chi connectivity index (χ4v) is 4.12. The van der Waals surface area contributed by atoms with Gasteiger partial charge in [-0.3, -0.25) is 4.79 Å². The molecule has 1 aliphatic heterocycles. The number of rotatable bonds is 3. The molecule has 0 aromatic heterocycles. The molecule has 1 heterocycles. The van der Waals surface area contributed by atoms with Gasteiger partial charge in [-0.2, -0.15) is 9.57 Å². The van der Waals surface area contributed by atoms with Crippen LogP contribution < -0.4 is 0 Å². The number of methoxy groups -OCH3 is 1. The van der Waals surface area contributed by atoms with Crippen molar-refractivity contribution in [1.82, 2.24) is 4.31 Å². The maximum absolute atomic E-state index is 12.7. The molecule has 0 amide bonds. The molecule has 2 rings (SSSR count). The number of nitriles is 1. The van der Waals surface area contributed by atoms with Crippen LogP contribution in [0.15, 0.2) is 29.2 Å². The van der Waals surface area contributed by atoms with Crippen molar-refractivity contribution >= 4 is 16.0 Å². The van der Waals surface area contributed by atoms with E-state index in [1.807, 2.05) is 6.07 Å². The van der Waals surface area contributed by atoms with E-state index in [-0.39, 0.29) is 17.0 Å². The lowest BCUT2D eigenvalue weighted by atomic mass is 10.1. The third-order valence-electron chi connectivity index (χ3n) is 3.50. The van der Waals surface area contributed by atoms with Gasteiger partial charge >= 0.3 is 5.97 Å². The third-order valence-corrected chi connectivity index (χ3v) is 5.40. The number of esters is 1. The molecule has 0 spiro atoms. The summed E-state index contributed by atoms with van der Waals surface area (Å²) in [4.78, 5) is 11.8. The minimum absolute atomic E-state index is 0.0253. The molecule has 0 N–H and O–H groups in total. The zero-order chi connectivity index (χ0) is 15.5. The maximum atomic E-state index is 12.7. The van der Waals surface area contributed by atoms with Gasteiger partial charge in [0.25, 0.3) is 0 Å². The summed E-state index contributed by atoms with van der Waals surface area (Å²) < 4.78 is 31.3. The first kappa shape index (κ1) is 15.5. The SMILES string of the molecule is COC(=O)C1CCCCN1S(=O)(=O)c1cccc(C#N)c1. The van der Waals surface area contributed by atoms with Gasteiger partial charge in [0.2, 0.25) is 10.0 Å². The smallest absolute Gasteiger partial charge is 0.324 e. The Bertz CT molecular complexity index is 678. The zero-order valence-electron chi connectivity index (χ0n) is 11.7. The lowest BCUT2D eigenvalue weighted by Gasteiger charge is -2.32. The topological polar surface area (TPSA) is 87.5 Å². The predicted octanol–water partition coefficient (Wildman–Crippen LogP) is 1.27. The van der Waals surface area contributed by atoms with Crippen LogP contribution in [0.1, 0.15) is 24.8 Å². The van der Waals surface area contributed by atoms with E-state index in [0.717, 1.165) is 6.42 Å². The summed E-state index contributed by atoms with van der Waals surface area (Å²) in [5.41, 5.74) is 0.266. The van der Waals surface area contributed by atoms with Crippen LogP contribution in [0, 0.1) is 11.3 Å². The highest BCUT2D eigenvalue weighted by Crippen LogP contribution is 2.26. The Morgan fingerprint density at radius 1 is 1.43 bits per heavy atom. The molecule has 0 aliphatic carbocycles. The highest BCUT2D eigenvalue weighted by atomic mass is 32.2.